The molecule has 0 aliphatic carbocycles. The van der Waals surface area contributed by atoms with Gasteiger partial charge in [-0.25, -0.2) is 0 Å². The van der Waals surface area contributed by atoms with E-state index < -0.39 is 0 Å². The van der Waals surface area contributed by atoms with E-state index >= 15 is 0 Å². The van der Waals surface area contributed by atoms with Crippen molar-refractivity contribution in [3.63, 3.8) is 0 Å². The molecule has 18 heavy (non-hydrogen) atoms. The second-order valence-corrected chi connectivity index (χ2v) is 5.17. The molecule has 2 rings (SSSR count). The number of anilines is 2. The number of nitrogen functional groups attached to an aromatic ring is 1. The van der Waals surface area contributed by atoms with Gasteiger partial charge in [0.15, 0.2) is 0 Å². The van der Waals surface area contributed by atoms with Gasteiger partial charge in [0.25, 0.3) is 0 Å². The van der Waals surface area contributed by atoms with E-state index in [9.17, 15) is 0 Å². The molecular weight excluding hydrogens is 248 g/mol. The first-order chi connectivity index (χ1) is 8.71. The first-order valence-corrected chi connectivity index (χ1v) is 6.53. The van der Waals surface area contributed by atoms with Crippen molar-refractivity contribution in [2.24, 2.45) is 0 Å². The Morgan fingerprint density at radius 3 is 2.50 bits per heavy atom. The van der Waals surface area contributed by atoms with Crippen LogP contribution in [0, 0.1) is 22.7 Å². The third-order valence-electron chi connectivity index (χ3n) is 3.20. The second kappa shape index (κ2) is 5.26. The maximum absolute atomic E-state index is 9.15. The monoisotopic (exact) mass is 262 g/mol. The van der Waals surface area contributed by atoms with Crippen LogP contribution in [0.5, 0.6) is 0 Å². The van der Waals surface area contributed by atoms with Gasteiger partial charge in [0.2, 0.25) is 0 Å². The van der Waals surface area contributed by atoms with Crippen molar-refractivity contribution >= 4 is 22.0 Å². The highest BCUT2D eigenvalue weighted by atomic mass is 32.1. The van der Waals surface area contributed by atoms with Crippen LogP contribution in [-0.4, -0.2) is 26.3 Å². The Balaban J connectivity index is 2.25. The number of piperidine rings is 1. The summed E-state index contributed by atoms with van der Waals surface area (Å²) in [5, 5.41) is 18.9. The number of ether oxygens (including phenoxy) is 1. The smallest absolute Gasteiger partial charge is 0.131 e. The largest absolute Gasteiger partial charge is 0.396 e. The average Bonchev–Trinajstić information content (AvgIpc) is 2.75. The summed E-state index contributed by atoms with van der Waals surface area (Å²) in [6.07, 6.45) is 2.15. The third kappa shape index (κ3) is 2.13. The van der Waals surface area contributed by atoms with Gasteiger partial charge in [0.05, 0.1) is 11.8 Å². The molecule has 0 amide bonds. The Bertz CT molecular complexity index is 517. The zero-order chi connectivity index (χ0) is 13.1. The van der Waals surface area contributed by atoms with Gasteiger partial charge in [0, 0.05) is 20.2 Å². The van der Waals surface area contributed by atoms with E-state index in [0.29, 0.717) is 22.2 Å². The molecule has 0 unspecified atom stereocenters. The van der Waals surface area contributed by atoms with Crippen LogP contribution < -0.4 is 10.6 Å². The summed E-state index contributed by atoms with van der Waals surface area (Å²) in [7, 11) is 1.72. The van der Waals surface area contributed by atoms with Crippen molar-refractivity contribution < 1.29 is 4.74 Å². The maximum Gasteiger partial charge on any atom is 0.131 e. The van der Waals surface area contributed by atoms with Gasteiger partial charge in [-0.2, -0.15) is 10.5 Å². The van der Waals surface area contributed by atoms with Crippen LogP contribution >= 0.6 is 11.3 Å². The highest BCUT2D eigenvalue weighted by Gasteiger charge is 2.25. The van der Waals surface area contributed by atoms with E-state index in [-0.39, 0.29) is 0 Å². The van der Waals surface area contributed by atoms with Crippen molar-refractivity contribution in [2.45, 2.75) is 18.9 Å². The normalized spacial score (nSPS) is 16.3. The molecule has 1 aliphatic heterocycles. The van der Waals surface area contributed by atoms with E-state index in [1.54, 1.807) is 7.11 Å². The number of thiophene rings is 1. The number of hydrogen-bond donors (Lipinski definition) is 1. The quantitative estimate of drug-likeness (QED) is 0.876. The first kappa shape index (κ1) is 12.7. The fourth-order valence-corrected chi connectivity index (χ4v) is 3.16. The van der Waals surface area contributed by atoms with Crippen LogP contribution in [0.25, 0.3) is 0 Å². The Hall–Kier alpha value is -1.76. The van der Waals surface area contributed by atoms with Crippen LogP contribution in [0.1, 0.15) is 23.3 Å². The SMILES string of the molecule is COC1CCN(c2sc(C#N)c(N)c2C#N)CC1. The Labute approximate surface area is 110 Å². The average molecular weight is 262 g/mol. The van der Waals surface area contributed by atoms with Gasteiger partial charge in [0.1, 0.15) is 27.6 Å². The summed E-state index contributed by atoms with van der Waals surface area (Å²) >= 11 is 1.30. The Kier molecular flexibility index (Phi) is 3.71. The zero-order valence-corrected chi connectivity index (χ0v) is 11.0. The molecule has 5 nitrogen and oxygen atoms in total. The summed E-state index contributed by atoms with van der Waals surface area (Å²) in [4.78, 5) is 2.55. The molecule has 1 saturated heterocycles. The molecule has 2 N–H and O–H groups in total. The molecule has 6 heteroatoms. The molecule has 1 aliphatic rings. The minimum atomic E-state index is 0.291. The lowest BCUT2D eigenvalue weighted by Crippen LogP contribution is -2.36. The molecule has 0 atom stereocenters. The van der Waals surface area contributed by atoms with Crippen LogP contribution in [0.2, 0.25) is 0 Å². The molecule has 0 saturated carbocycles. The third-order valence-corrected chi connectivity index (χ3v) is 4.37. The minimum Gasteiger partial charge on any atom is -0.396 e. The molecule has 0 radical (unpaired) electrons. The van der Waals surface area contributed by atoms with Gasteiger partial charge in [-0.05, 0) is 12.8 Å². The Morgan fingerprint density at radius 2 is 2.00 bits per heavy atom. The number of nitriles is 2. The van der Waals surface area contributed by atoms with Crippen molar-refractivity contribution in [3.8, 4) is 12.1 Å². The molecule has 0 spiro atoms. The fourth-order valence-electron chi connectivity index (χ4n) is 2.14. The van der Waals surface area contributed by atoms with Crippen molar-refractivity contribution in [1.29, 1.82) is 10.5 Å². The van der Waals surface area contributed by atoms with Gasteiger partial charge in [-0.1, -0.05) is 0 Å². The number of hydrogen-bond acceptors (Lipinski definition) is 6. The van der Waals surface area contributed by atoms with Crippen molar-refractivity contribution in [2.75, 3.05) is 30.8 Å². The van der Waals surface area contributed by atoms with Gasteiger partial charge in [-0.3, -0.25) is 0 Å². The van der Waals surface area contributed by atoms with E-state index in [4.69, 9.17) is 21.0 Å². The summed E-state index contributed by atoms with van der Waals surface area (Å²) in [5.41, 5.74) is 6.55. The van der Waals surface area contributed by atoms with Gasteiger partial charge < -0.3 is 15.4 Å². The molecular formula is C12H14N4OS. The topological polar surface area (TPSA) is 86.1 Å². The minimum absolute atomic E-state index is 0.291. The number of rotatable bonds is 2. The van der Waals surface area contributed by atoms with Gasteiger partial charge in [-0.15, -0.1) is 11.3 Å². The predicted octanol–water partition coefficient (Wildman–Crippen LogP) is 1.69. The predicted molar refractivity (Wildman–Crippen MR) is 70.4 cm³/mol. The van der Waals surface area contributed by atoms with Crippen LogP contribution in [0.15, 0.2) is 0 Å². The summed E-state index contributed by atoms with van der Waals surface area (Å²) in [6, 6.07) is 4.14. The zero-order valence-electron chi connectivity index (χ0n) is 10.1. The summed E-state index contributed by atoms with van der Waals surface area (Å²) < 4.78 is 5.32. The Morgan fingerprint density at radius 1 is 1.33 bits per heavy atom. The van der Waals surface area contributed by atoms with Crippen LogP contribution in [0.4, 0.5) is 10.7 Å². The molecule has 0 bridgehead atoms. The first-order valence-electron chi connectivity index (χ1n) is 5.71. The standard InChI is InChI=1S/C12H14N4OS/c1-17-8-2-4-16(5-3-8)12-9(6-13)11(15)10(7-14)18-12/h8H,2-5,15H2,1H3. The number of nitrogens with two attached hydrogens (primary N) is 1. The molecule has 1 aromatic rings. The highest BCUT2D eigenvalue weighted by Crippen LogP contribution is 2.38. The van der Waals surface area contributed by atoms with Crippen molar-refractivity contribution in [1.82, 2.24) is 0 Å². The van der Waals surface area contributed by atoms with E-state index in [1.165, 1.54) is 11.3 Å². The number of methoxy groups -OCH3 is 1. The lowest BCUT2D eigenvalue weighted by atomic mass is 10.1. The molecule has 1 aromatic heterocycles. The summed E-state index contributed by atoms with van der Waals surface area (Å²) in [5.74, 6) is 0. The van der Waals surface area contributed by atoms with Gasteiger partial charge >= 0.3 is 0 Å². The number of nitrogens with zero attached hydrogens (tertiary/aromatic N) is 3. The van der Waals surface area contributed by atoms with Crippen molar-refractivity contribution in [3.05, 3.63) is 10.4 Å². The highest BCUT2D eigenvalue weighted by molar-refractivity contribution is 7.17. The molecule has 2 heterocycles. The fraction of sp³-hybridized carbons (Fsp3) is 0.500. The van der Waals surface area contributed by atoms with Crippen LogP contribution in [0.3, 0.4) is 0 Å². The molecule has 0 aromatic carbocycles. The lowest BCUT2D eigenvalue weighted by Gasteiger charge is -2.32. The molecule has 1 fully saturated rings. The second-order valence-electron chi connectivity index (χ2n) is 4.17. The maximum atomic E-state index is 9.15. The van der Waals surface area contributed by atoms with Crippen LogP contribution in [-0.2, 0) is 4.74 Å². The lowest BCUT2D eigenvalue weighted by molar-refractivity contribution is 0.0820. The van der Waals surface area contributed by atoms with E-state index in [1.807, 2.05) is 6.07 Å². The van der Waals surface area contributed by atoms with E-state index in [0.717, 1.165) is 30.9 Å². The summed E-state index contributed by atoms with van der Waals surface area (Å²) in [6.45, 7) is 1.66. The molecule has 94 valence electrons. The van der Waals surface area contributed by atoms with E-state index in [2.05, 4.69) is 11.0 Å².